The highest BCUT2D eigenvalue weighted by Gasteiger charge is 2.05. The monoisotopic (exact) mass is 310 g/mol. The Labute approximate surface area is 128 Å². The van der Waals surface area contributed by atoms with Crippen molar-refractivity contribution in [3.63, 3.8) is 0 Å². The second-order valence-corrected chi connectivity index (χ2v) is 5.31. The van der Waals surface area contributed by atoms with Crippen LogP contribution in [0.1, 0.15) is 20.3 Å². The molecular weight excluding hydrogens is 295 g/mol. The molecule has 1 unspecified atom stereocenters. The summed E-state index contributed by atoms with van der Waals surface area (Å²) in [5, 5.41) is 7.56. The van der Waals surface area contributed by atoms with Crippen LogP contribution in [0.4, 0.5) is 17.5 Å². The highest BCUT2D eigenvalue weighted by atomic mass is 35.5. The fraction of sp³-hybridized carbons (Fsp3) is 0.286. The Hall–Kier alpha value is -1.52. The van der Waals surface area contributed by atoms with Gasteiger partial charge in [-0.05, 0) is 37.6 Å². The first-order valence-corrected chi connectivity index (χ1v) is 7.15. The van der Waals surface area contributed by atoms with Crippen molar-refractivity contribution in [3.8, 4) is 0 Å². The maximum Gasteiger partial charge on any atom is 0.224 e. The molecule has 1 aromatic carbocycles. The number of nitrogens with zero attached hydrogens (tertiary/aromatic N) is 2. The van der Waals surface area contributed by atoms with E-state index in [2.05, 4.69) is 34.4 Å². The molecule has 20 heavy (non-hydrogen) atoms. The summed E-state index contributed by atoms with van der Waals surface area (Å²) in [6.07, 6.45) is 2.69. The summed E-state index contributed by atoms with van der Waals surface area (Å²) in [6, 6.07) is 7.34. The summed E-state index contributed by atoms with van der Waals surface area (Å²) in [6.45, 7) is 4.18. The van der Waals surface area contributed by atoms with Gasteiger partial charge in [-0.25, -0.2) is 4.98 Å². The van der Waals surface area contributed by atoms with Crippen LogP contribution in [0.25, 0.3) is 0 Å². The number of hydrogen-bond acceptors (Lipinski definition) is 4. The van der Waals surface area contributed by atoms with Crippen molar-refractivity contribution >= 4 is 40.7 Å². The topological polar surface area (TPSA) is 49.8 Å². The molecule has 0 amide bonds. The predicted molar refractivity (Wildman–Crippen MR) is 85.2 cm³/mol. The Morgan fingerprint density at radius 1 is 1.25 bits per heavy atom. The van der Waals surface area contributed by atoms with E-state index in [9.17, 15) is 0 Å². The second kappa shape index (κ2) is 6.77. The molecule has 0 spiro atoms. The minimum Gasteiger partial charge on any atom is -0.352 e. The van der Waals surface area contributed by atoms with Gasteiger partial charge in [0.2, 0.25) is 5.95 Å². The van der Waals surface area contributed by atoms with Crippen LogP contribution in [0.2, 0.25) is 10.0 Å². The van der Waals surface area contributed by atoms with Gasteiger partial charge >= 0.3 is 0 Å². The maximum absolute atomic E-state index is 6.11. The predicted octanol–water partition coefficient (Wildman–Crippen LogP) is 4.74. The first kappa shape index (κ1) is 14.9. The Balaban J connectivity index is 2.17. The number of hydrogen-bond donors (Lipinski definition) is 2. The van der Waals surface area contributed by atoms with E-state index in [1.807, 2.05) is 0 Å². The minimum absolute atomic E-state index is 0.319. The summed E-state index contributed by atoms with van der Waals surface area (Å²) in [5.41, 5.74) is 0.715. The molecule has 1 aromatic heterocycles. The number of aromatic nitrogens is 2. The molecule has 0 aliphatic rings. The number of nitrogens with one attached hydrogen (secondary N) is 2. The van der Waals surface area contributed by atoms with Crippen molar-refractivity contribution in [2.45, 2.75) is 26.3 Å². The van der Waals surface area contributed by atoms with Crippen molar-refractivity contribution in [1.29, 1.82) is 0 Å². The largest absolute Gasteiger partial charge is 0.352 e. The Morgan fingerprint density at radius 2 is 2.05 bits per heavy atom. The third-order valence-electron chi connectivity index (χ3n) is 2.83. The lowest BCUT2D eigenvalue weighted by Gasteiger charge is -2.13. The lowest BCUT2D eigenvalue weighted by Crippen LogP contribution is -2.15. The molecule has 0 aliphatic heterocycles. The van der Waals surface area contributed by atoms with Crippen molar-refractivity contribution < 1.29 is 0 Å². The normalized spacial score (nSPS) is 12.0. The van der Waals surface area contributed by atoms with Crippen LogP contribution < -0.4 is 10.6 Å². The van der Waals surface area contributed by atoms with Crippen LogP contribution in [-0.2, 0) is 0 Å². The fourth-order valence-electron chi connectivity index (χ4n) is 1.55. The van der Waals surface area contributed by atoms with Crippen molar-refractivity contribution in [2.75, 3.05) is 10.6 Å². The zero-order chi connectivity index (χ0) is 14.5. The quantitative estimate of drug-likeness (QED) is 0.837. The lowest BCUT2D eigenvalue weighted by atomic mass is 10.3. The highest BCUT2D eigenvalue weighted by molar-refractivity contribution is 6.35. The summed E-state index contributed by atoms with van der Waals surface area (Å²) < 4.78 is 0. The SMILES string of the molecule is CCC(C)Nc1nccc(Nc2cc(Cl)ccc2Cl)n1. The van der Waals surface area contributed by atoms with E-state index in [0.717, 1.165) is 6.42 Å². The van der Waals surface area contributed by atoms with Gasteiger partial charge in [0.15, 0.2) is 0 Å². The average molecular weight is 311 g/mol. The lowest BCUT2D eigenvalue weighted by molar-refractivity contribution is 0.753. The Morgan fingerprint density at radius 3 is 2.80 bits per heavy atom. The van der Waals surface area contributed by atoms with Crippen LogP contribution in [0.5, 0.6) is 0 Å². The maximum atomic E-state index is 6.11. The van der Waals surface area contributed by atoms with Gasteiger partial charge in [-0.15, -0.1) is 0 Å². The molecule has 106 valence electrons. The van der Waals surface area contributed by atoms with E-state index in [4.69, 9.17) is 23.2 Å². The smallest absolute Gasteiger partial charge is 0.224 e. The molecule has 0 saturated heterocycles. The summed E-state index contributed by atoms with van der Waals surface area (Å²) in [4.78, 5) is 8.58. The third kappa shape index (κ3) is 3.99. The molecule has 2 N–H and O–H groups in total. The molecular formula is C14H16Cl2N4. The van der Waals surface area contributed by atoms with E-state index in [0.29, 0.717) is 33.5 Å². The van der Waals surface area contributed by atoms with Crippen molar-refractivity contribution in [3.05, 3.63) is 40.5 Å². The number of benzene rings is 1. The van der Waals surface area contributed by atoms with Gasteiger partial charge in [0.1, 0.15) is 5.82 Å². The van der Waals surface area contributed by atoms with E-state index in [-0.39, 0.29) is 0 Å². The third-order valence-corrected chi connectivity index (χ3v) is 3.40. The van der Waals surface area contributed by atoms with Crippen LogP contribution >= 0.6 is 23.2 Å². The molecule has 0 radical (unpaired) electrons. The molecule has 1 atom stereocenters. The first-order valence-electron chi connectivity index (χ1n) is 6.40. The summed E-state index contributed by atoms with van der Waals surface area (Å²) in [7, 11) is 0. The average Bonchev–Trinajstić information content (AvgIpc) is 2.43. The summed E-state index contributed by atoms with van der Waals surface area (Å²) in [5.74, 6) is 1.25. The molecule has 1 heterocycles. The van der Waals surface area contributed by atoms with Gasteiger partial charge < -0.3 is 10.6 Å². The molecule has 2 rings (SSSR count). The van der Waals surface area contributed by atoms with Gasteiger partial charge in [0.25, 0.3) is 0 Å². The first-order chi connectivity index (χ1) is 9.58. The van der Waals surface area contributed by atoms with Crippen LogP contribution in [-0.4, -0.2) is 16.0 Å². The van der Waals surface area contributed by atoms with Crippen LogP contribution in [0, 0.1) is 0 Å². The second-order valence-electron chi connectivity index (χ2n) is 4.47. The minimum atomic E-state index is 0.319. The van der Waals surface area contributed by atoms with Gasteiger partial charge in [0.05, 0.1) is 10.7 Å². The van der Waals surface area contributed by atoms with Crippen molar-refractivity contribution in [1.82, 2.24) is 9.97 Å². The molecule has 6 heteroatoms. The van der Waals surface area contributed by atoms with Crippen LogP contribution in [0.15, 0.2) is 30.5 Å². The van der Waals surface area contributed by atoms with Gasteiger partial charge in [-0.1, -0.05) is 30.1 Å². The molecule has 4 nitrogen and oxygen atoms in total. The number of halogens is 2. The van der Waals surface area contributed by atoms with Crippen molar-refractivity contribution in [2.24, 2.45) is 0 Å². The van der Waals surface area contributed by atoms with Gasteiger partial charge in [-0.3, -0.25) is 0 Å². The highest BCUT2D eigenvalue weighted by Crippen LogP contribution is 2.27. The van der Waals surface area contributed by atoms with E-state index < -0.39 is 0 Å². The fourth-order valence-corrected chi connectivity index (χ4v) is 1.89. The van der Waals surface area contributed by atoms with E-state index in [1.54, 1.807) is 30.5 Å². The molecule has 0 saturated carbocycles. The zero-order valence-corrected chi connectivity index (χ0v) is 12.8. The van der Waals surface area contributed by atoms with E-state index >= 15 is 0 Å². The van der Waals surface area contributed by atoms with Gasteiger partial charge in [0, 0.05) is 17.3 Å². The van der Waals surface area contributed by atoms with Crippen LogP contribution in [0.3, 0.4) is 0 Å². The molecule has 0 fully saturated rings. The standard InChI is InChI=1S/C14H16Cl2N4/c1-3-9(2)18-14-17-7-6-13(20-14)19-12-8-10(15)4-5-11(12)16/h4-9H,3H2,1-2H3,(H2,17,18,19,20). The number of anilines is 3. The Kier molecular flexibility index (Phi) is 5.04. The van der Waals surface area contributed by atoms with E-state index in [1.165, 1.54) is 0 Å². The zero-order valence-electron chi connectivity index (χ0n) is 11.3. The molecule has 0 aliphatic carbocycles. The molecule has 2 aromatic rings. The van der Waals surface area contributed by atoms with Gasteiger partial charge in [-0.2, -0.15) is 4.98 Å². The number of rotatable bonds is 5. The summed E-state index contributed by atoms with van der Waals surface area (Å²) >= 11 is 12.1. The molecule has 0 bridgehead atoms. The Bertz CT molecular complexity index is 589.